The first kappa shape index (κ1) is 29.3. The van der Waals surface area contributed by atoms with Gasteiger partial charge >= 0.3 is 24.3 Å². The summed E-state index contributed by atoms with van der Waals surface area (Å²) in [6.07, 6.45) is -8.38. The van der Waals surface area contributed by atoms with Crippen LogP contribution in [0.15, 0.2) is 24.4 Å². The normalized spacial score (nSPS) is 9.52. The number of rotatable bonds is 0. The molecule has 1 heterocycles. The SMILES string of the molecule is Cc1ccccn1.O=C(O)C(F)(F)F.O=C(O)C(F)(F)F.[NH2-].[Pt]. The van der Waals surface area contributed by atoms with Gasteiger partial charge in [0.05, 0.1) is 0 Å². The third-order valence-electron chi connectivity index (χ3n) is 1.30. The number of aryl methyl sites for hydroxylation is 1. The molecule has 0 saturated carbocycles. The van der Waals surface area contributed by atoms with Crippen molar-refractivity contribution in [2.24, 2.45) is 0 Å². The number of hydrogen-bond donors (Lipinski definition) is 2. The van der Waals surface area contributed by atoms with Gasteiger partial charge in [-0.3, -0.25) is 4.98 Å². The molecule has 0 spiro atoms. The van der Waals surface area contributed by atoms with Crippen molar-refractivity contribution in [2.45, 2.75) is 19.3 Å². The van der Waals surface area contributed by atoms with Crippen LogP contribution in [0.4, 0.5) is 26.3 Å². The number of pyridine rings is 1. The van der Waals surface area contributed by atoms with Crippen molar-refractivity contribution in [3.8, 4) is 0 Å². The zero-order valence-corrected chi connectivity index (χ0v) is 13.4. The van der Waals surface area contributed by atoms with E-state index in [1.807, 2.05) is 25.1 Å². The molecule has 0 aliphatic heterocycles. The molecule has 13 heteroatoms. The summed E-state index contributed by atoms with van der Waals surface area (Å²) < 4.78 is 63.5. The van der Waals surface area contributed by atoms with Crippen molar-refractivity contribution >= 4 is 11.9 Å². The molecule has 0 amide bonds. The summed E-state index contributed by atoms with van der Waals surface area (Å²) in [5.41, 5.74) is 1.07. The standard InChI is InChI=1S/C6H7N.2C2HF3O2.H2N.Pt/c1-6-4-2-3-5-7-6;2*3-2(4,5)1(6)7;;/h2-5H,1H3;2*(H,6,7);1H2;/q;;;-1;. The van der Waals surface area contributed by atoms with Gasteiger partial charge in [-0.25, -0.2) is 9.59 Å². The number of halogens is 6. The summed E-state index contributed by atoms with van der Waals surface area (Å²) >= 11 is 0. The van der Waals surface area contributed by atoms with Crippen LogP contribution in [-0.4, -0.2) is 39.5 Å². The molecule has 0 aliphatic rings. The van der Waals surface area contributed by atoms with Crippen molar-refractivity contribution in [2.75, 3.05) is 0 Å². The second-order valence-corrected chi connectivity index (χ2v) is 3.08. The summed E-state index contributed by atoms with van der Waals surface area (Å²) in [6, 6.07) is 5.86. The third-order valence-corrected chi connectivity index (χ3v) is 1.30. The van der Waals surface area contributed by atoms with Crippen LogP contribution in [0.2, 0.25) is 0 Å². The van der Waals surface area contributed by atoms with Crippen LogP contribution in [0.1, 0.15) is 5.69 Å². The van der Waals surface area contributed by atoms with Gasteiger partial charge in [-0.1, -0.05) is 6.07 Å². The molecule has 0 aromatic carbocycles. The zero-order valence-electron chi connectivity index (χ0n) is 11.1. The Labute approximate surface area is 140 Å². The molecule has 0 aliphatic carbocycles. The number of carboxylic acids is 2. The maximum absolute atomic E-state index is 10.6. The second kappa shape index (κ2) is 12.8. The smallest absolute Gasteiger partial charge is 0.490 e. The van der Waals surface area contributed by atoms with Crippen LogP contribution in [0.5, 0.6) is 0 Å². The fraction of sp³-hybridized carbons (Fsp3) is 0.300. The van der Waals surface area contributed by atoms with Crippen LogP contribution in [0, 0.1) is 6.92 Å². The van der Waals surface area contributed by atoms with E-state index in [1.165, 1.54) is 0 Å². The molecular formula is C10H11F6N2O4Pt-. The summed E-state index contributed by atoms with van der Waals surface area (Å²) in [5.74, 6) is -5.51. The molecule has 0 fully saturated rings. The number of nitrogens with zero attached hydrogens (tertiary/aromatic N) is 1. The molecule has 138 valence electrons. The Kier molecular flexibility index (Phi) is 16.4. The van der Waals surface area contributed by atoms with Gasteiger partial charge < -0.3 is 16.4 Å². The fourth-order valence-corrected chi connectivity index (χ4v) is 0.448. The van der Waals surface area contributed by atoms with Crippen LogP contribution in [0.25, 0.3) is 6.15 Å². The van der Waals surface area contributed by atoms with E-state index < -0.39 is 24.3 Å². The number of alkyl halides is 6. The molecule has 1 aromatic rings. The summed E-state index contributed by atoms with van der Waals surface area (Å²) in [7, 11) is 0. The quantitative estimate of drug-likeness (QED) is 0.497. The van der Waals surface area contributed by atoms with E-state index in [0.29, 0.717) is 0 Å². The second-order valence-electron chi connectivity index (χ2n) is 3.08. The van der Waals surface area contributed by atoms with Crippen molar-refractivity contribution in [3.05, 3.63) is 36.2 Å². The fourth-order valence-electron chi connectivity index (χ4n) is 0.448. The van der Waals surface area contributed by atoms with E-state index in [1.54, 1.807) is 6.20 Å². The molecule has 0 unspecified atom stereocenters. The van der Waals surface area contributed by atoms with Crippen LogP contribution < -0.4 is 0 Å². The number of aromatic nitrogens is 1. The van der Waals surface area contributed by atoms with Gasteiger partial charge in [-0.2, -0.15) is 26.3 Å². The number of aliphatic carboxylic acids is 2. The average Bonchev–Trinajstić information content (AvgIpc) is 2.28. The Morgan fingerprint density at radius 3 is 1.35 bits per heavy atom. The maximum atomic E-state index is 10.6. The summed E-state index contributed by atoms with van der Waals surface area (Å²) in [6.45, 7) is 1.97. The predicted molar refractivity (Wildman–Crippen MR) is 61.6 cm³/mol. The van der Waals surface area contributed by atoms with Crippen molar-refractivity contribution in [1.82, 2.24) is 4.98 Å². The van der Waals surface area contributed by atoms with Crippen molar-refractivity contribution in [1.29, 1.82) is 0 Å². The topological polar surface area (TPSA) is 121 Å². The number of carbonyl (C=O) groups is 2. The number of carboxylic acid groups (broad SMARTS) is 2. The van der Waals surface area contributed by atoms with E-state index in [-0.39, 0.29) is 27.2 Å². The monoisotopic (exact) mass is 532 g/mol. The van der Waals surface area contributed by atoms with Crippen molar-refractivity contribution < 1.29 is 67.2 Å². The maximum Gasteiger partial charge on any atom is 0.490 e. The Bertz CT molecular complexity index is 429. The average molecular weight is 532 g/mol. The third kappa shape index (κ3) is 20.3. The minimum Gasteiger partial charge on any atom is -0.693 e. The van der Waals surface area contributed by atoms with E-state index in [9.17, 15) is 26.3 Å². The molecular weight excluding hydrogens is 521 g/mol. The number of nitrogens with two attached hydrogens (primary N) is 1. The Morgan fingerprint density at radius 1 is 0.957 bits per heavy atom. The molecule has 1 rings (SSSR count). The molecule has 0 saturated heterocycles. The first-order chi connectivity index (χ1) is 9.28. The minimum absolute atomic E-state index is 0. The van der Waals surface area contributed by atoms with E-state index >= 15 is 0 Å². The Balaban J connectivity index is -0.000000113. The van der Waals surface area contributed by atoms with Gasteiger partial charge in [0.25, 0.3) is 0 Å². The summed E-state index contributed by atoms with van der Waals surface area (Å²) in [4.78, 5) is 21.8. The van der Waals surface area contributed by atoms with Crippen LogP contribution in [0.3, 0.4) is 0 Å². The Morgan fingerprint density at radius 2 is 1.26 bits per heavy atom. The van der Waals surface area contributed by atoms with Gasteiger partial charge in [0.2, 0.25) is 0 Å². The van der Waals surface area contributed by atoms with Gasteiger partial charge in [0, 0.05) is 33.0 Å². The van der Waals surface area contributed by atoms with Crippen molar-refractivity contribution in [3.63, 3.8) is 0 Å². The van der Waals surface area contributed by atoms with Gasteiger partial charge in [0.15, 0.2) is 0 Å². The van der Waals surface area contributed by atoms with E-state index in [4.69, 9.17) is 19.8 Å². The minimum atomic E-state index is -5.08. The molecule has 6 nitrogen and oxygen atoms in total. The molecule has 0 radical (unpaired) electrons. The molecule has 1 aromatic heterocycles. The molecule has 0 atom stereocenters. The molecule has 0 bridgehead atoms. The molecule has 23 heavy (non-hydrogen) atoms. The zero-order chi connectivity index (χ0) is 17.3. The van der Waals surface area contributed by atoms with Gasteiger partial charge in [0.1, 0.15) is 0 Å². The first-order valence-electron chi connectivity index (χ1n) is 4.76. The predicted octanol–water partition coefficient (Wildman–Crippen LogP) is 3.37. The first-order valence-corrected chi connectivity index (χ1v) is 4.76. The van der Waals surface area contributed by atoms with E-state index in [2.05, 4.69) is 4.98 Å². The van der Waals surface area contributed by atoms with Gasteiger partial charge in [-0.15, -0.1) is 0 Å². The summed E-state index contributed by atoms with van der Waals surface area (Å²) in [5, 5.41) is 14.2. The van der Waals surface area contributed by atoms with Crippen LogP contribution in [-0.2, 0) is 30.7 Å². The largest absolute Gasteiger partial charge is 0.693 e. The van der Waals surface area contributed by atoms with E-state index in [0.717, 1.165) is 5.69 Å². The van der Waals surface area contributed by atoms with Gasteiger partial charge in [-0.05, 0) is 19.1 Å². The molecule has 4 N–H and O–H groups in total. The number of hydrogen-bond acceptors (Lipinski definition) is 3. The van der Waals surface area contributed by atoms with Crippen LogP contribution >= 0.6 is 0 Å². The Hall–Kier alpha value is -1.68.